The predicted molar refractivity (Wildman–Crippen MR) is 74.2 cm³/mol. The topological polar surface area (TPSA) is 29.9 Å². The SMILES string of the molecule is Cc1cc(NCc2cnn(C)c2)cc(C)c1Br. The number of anilines is 1. The minimum atomic E-state index is 0.800. The van der Waals surface area contributed by atoms with Gasteiger partial charge in [-0.15, -0.1) is 0 Å². The van der Waals surface area contributed by atoms with Crippen molar-refractivity contribution in [1.82, 2.24) is 9.78 Å². The molecule has 2 aromatic rings. The zero-order valence-electron chi connectivity index (χ0n) is 10.3. The molecule has 4 heteroatoms. The van der Waals surface area contributed by atoms with Gasteiger partial charge in [-0.25, -0.2) is 0 Å². The summed E-state index contributed by atoms with van der Waals surface area (Å²) in [6.07, 6.45) is 3.90. The molecule has 0 radical (unpaired) electrons. The Kier molecular flexibility index (Phi) is 3.52. The molecule has 0 aliphatic carbocycles. The molecule has 2 rings (SSSR count). The Hall–Kier alpha value is -1.29. The van der Waals surface area contributed by atoms with Crippen LogP contribution in [0.15, 0.2) is 29.0 Å². The highest BCUT2D eigenvalue weighted by atomic mass is 79.9. The lowest BCUT2D eigenvalue weighted by atomic mass is 10.1. The third-order valence-corrected chi connectivity index (χ3v) is 3.94. The molecule has 0 aliphatic rings. The van der Waals surface area contributed by atoms with Gasteiger partial charge in [-0.3, -0.25) is 4.68 Å². The Morgan fingerprint density at radius 2 is 1.94 bits per heavy atom. The van der Waals surface area contributed by atoms with E-state index >= 15 is 0 Å². The van der Waals surface area contributed by atoms with E-state index in [9.17, 15) is 0 Å². The van der Waals surface area contributed by atoms with Crippen LogP contribution in [0.4, 0.5) is 5.69 Å². The van der Waals surface area contributed by atoms with E-state index in [0.717, 1.165) is 12.2 Å². The summed E-state index contributed by atoms with van der Waals surface area (Å²) in [5.41, 5.74) is 4.83. The molecule has 0 aliphatic heterocycles. The van der Waals surface area contributed by atoms with Crippen LogP contribution in [-0.4, -0.2) is 9.78 Å². The third kappa shape index (κ3) is 2.88. The van der Waals surface area contributed by atoms with Crippen LogP contribution in [0.5, 0.6) is 0 Å². The molecule has 1 aromatic carbocycles. The second kappa shape index (κ2) is 4.92. The number of halogens is 1. The lowest BCUT2D eigenvalue weighted by Gasteiger charge is -2.09. The Bertz CT molecular complexity index is 508. The summed E-state index contributed by atoms with van der Waals surface area (Å²) in [4.78, 5) is 0. The number of aryl methyl sites for hydroxylation is 3. The minimum Gasteiger partial charge on any atom is -0.381 e. The second-order valence-corrected chi connectivity index (χ2v) is 5.09. The molecule has 0 unspecified atom stereocenters. The van der Waals surface area contributed by atoms with Gasteiger partial charge in [0.2, 0.25) is 0 Å². The van der Waals surface area contributed by atoms with Crippen molar-refractivity contribution >= 4 is 21.6 Å². The van der Waals surface area contributed by atoms with Gasteiger partial charge in [0.15, 0.2) is 0 Å². The van der Waals surface area contributed by atoms with Crippen molar-refractivity contribution in [2.75, 3.05) is 5.32 Å². The van der Waals surface area contributed by atoms with Gasteiger partial charge in [-0.1, -0.05) is 15.9 Å². The average Bonchev–Trinajstić information content (AvgIpc) is 2.69. The standard InChI is InChI=1S/C13H16BrN3/c1-9-4-12(5-10(2)13(9)14)15-6-11-7-16-17(3)8-11/h4-5,7-8,15H,6H2,1-3H3. The number of rotatable bonds is 3. The Labute approximate surface area is 110 Å². The molecular formula is C13H16BrN3. The van der Waals surface area contributed by atoms with E-state index in [1.807, 2.05) is 24.1 Å². The van der Waals surface area contributed by atoms with Crippen LogP contribution < -0.4 is 5.32 Å². The fourth-order valence-electron chi connectivity index (χ4n) is 1.82. The summed E-state index contributed by atoms with van der Waals surface area (Å²) in [6, 6.07) is 4.29. The lowest BCUT2D eigenvalue weighted by molar-refractivity contribution is 0.767. The first kappa shape index (κ1) is 12.2. The van der Waals surface area contributed by atoms with Crippen LogP contribution in [0.1, 0.15) is 16.7 Å². The maximum Gasteiger partial charge on any atom is 0.0539 e. The molecule has 90 valence electrons. The van der Waals surface area contributed by atoms with Crippen molar-refractivity contribution in [2.24, 2.45) is 7.05 Å². The normalized spacial score (nSPS) is 10.6. The molecule has 0 saturated heterocycles. The van der Waals surface area contributed by atoms with Crippen LogP contribution in [0.2, 0.25) is 0 Å². The van der Waals surface area contributed by atoms with Crippen LogP contribution in [0.3, 0.4) is 0 Å². The smallest absolute Gasteiger partial charge is 0.0539 e. The Morgan fingerprint density at radius 1 is 1.29 bits per heavy atom. The van der Waals surface area contributed by atoms with Gasteiger partial charge >= 0.3 is 0 Å². The summed E-state index contributed by atoms with van der Waals surface area (Å²) >= 11 is 3.57. The fraction of sp³-hybridized carbons (Fsp3) is 0.308. The molecule has 1 heterocycles. The van der Waals surface area contributed by atoms with Crippen molar-refractivity contribution in [2.45, 2.75) is 20.4 Å². The maximum absolute atomic E-state index is 4.15. The van der Waals surface area contributed by atoms with E-state index in [4.69, 9.17) is 0 Å². The number of hydrogen-bond acceptors (Lipinski definition) is 2. The van der Waals surface area contributed by atoms with Gasteiger partial charge in [-0.05, 0) is 37.1 Å². The molecule has 0 saturated carbocycles. The molecule has 0 bridgehead atoms. The Morgan fingerprint density at radius 3 is 2.47 bits per heavy atom. The number of aromatic nitrogens is 2. The molecule has 0 spiro atoms. The van der Waals surface area contributed by atoms with E-state index < -0.39 is 0 Å². The quantitative estimate of drug-likeness (QED) is 0.940. The number of nitrogens with one attached hydrogen (secondary N) is 1. The first-order valence-electron chi connectivity index (χ1n) is 5.54. The van der Waals surface area contributed by atoms with E-state index in [2.05, 4.69) is 52.3 Å². The van der Waals surface area contributed by atoms with Crippen molar-refractivity contribution in [3.05, 3.63) is 45.7 Å². The van der Waals surface area contributed by atoms with Gasteiger partial charge in [-0.2, -0.15) is 5.10 Å². The number of nitrogens with zero attached hydrogens (tertiary/aromatic N) is 2. The summed E-state index contributed by atoms with van der Waals surface area (Å²) in [6.45, 7) is 5.01. The highest BCUT2D eigenvalue weighted by Crippen LogP contribution is 2.25. The van der Waals surface area contributed by atoms with E-state index in [1.165, 1.54) is 21.2 Å². The second-order valence-electron chi connectivity index (χ2n) is 4.30. The van der Waals surface area contributed by atoms with Crippen molar-refractivity contribution in [3.8, 4) is 0 Å². The van der Waals surface area contributed by atoms with E-state index in [-0.39, 0.29) is 0 Å². The summed E-state index contributed by atoms with van der Waals surface area (Å²) in [5, 5.41) is 7.56. The molecule has 0 amide bonds. The molecular weight excluding hydrogens is 278 g/mol. The molecule has 17 heavy (non-hydrogen) atoms. The van der Waals surface area contributed by atoms with Gasteiger partial charge < -0.3 is 5.32 Å². The first-order chi connectivity index (χ1) is 8.06. The van der Waals surface area contributed by atoms with Crippen molar-refractivity contribution < 1.29 is 0 Å². The molecule has 0 fully saturated rings. The van der Waals surface area contributed by atoms with Gasteiger partial charge in [0.25, 0.3) is 0 Å². The average molecular weight is 294 g/mol. The van der Waals surface area contributed by atoms with Crippen LogP contribution >= 0.6 is 15.9 Å². The lowest BCUT2D eigenvalue weighted by Crippen LogP contribution is -1.99. The van der Waals surface area contributed by atoms with Crippen molar-refractivity contribution in [1.29, 1.82) is 0 Å². The Balaban J connectivity index is 2.09. The third-order valence-electron chi connectivity index (χ3n) is 2.69. The largest absolute Gasteiger partial charge is 0.381 e. The number of benzene rings is 1. The summed E-state index contributed by atoms with van der Waals surface area (Å²) < 4.78 is 3.00. The van der Waals surface area contributed by atoms with E-state index in [1.54, 1.807) is 0 Å². The van der Waals surface area contributed by atoms with Crippen LogP contribution in [0.25, 0.3) is 0 Å². The van der Waals surface area contributed by atoms with Gasteiger partial charge in [0.05, 0.1) is 6.20 Å². The molecule has 0 atom stereocenters. The zero-order chi connectivity index (χ0) is 12.4. The molecule has 1 N–H and O–H groups in total. The highest BCUT2D eigenvalue weighted by Gasteiger charge is 2.02. The van der Waals surface area contributed by atoms with Gasteiger partial charge in [0, 0.05) is 35.5 Å². The van der Waals surface area contributed by atoms with Gasteiger partial charge in [0.1, 0.15) is 0 Å². The summed E-state index contributed by atoms with van der Waals surface area (Å²) in [7, 11) is 1.93. The van der Waals surface area contributed by atoms with Crippen molar-refractivity contribution in [3.63, 3.8) is 0 Å². The highest BCUT2D eigenvalue weighted by molar-refractivity contribution is 9.10. The monoisotopic (exact) mass is 293 g/mol. The maximum atomic E-state index is 4.15. The fourth-order valence-corrected chi connectivity index (χ4v) is 2.04. The van der Waals surface area contributed by atoms with E-state index in [0.29, 0.717) is 0 Å². The number of hydrogen-bond donors (Lipinski definition) is 1. The molecule has 3 nitrogen and oxygen atoms in total. The predicted octanol–water partition coefficient (Wildman–Crippen LogP) is 3.41. The zero-order valence-corrected chi connectivity index (χ0v) is 11.9. The van der Waals surface area contributed by atoms with Crippen LogP contribution in [-0.2, 0) is 13.6 Å². The minimum absolute atomic E-state index is 0.800. The first-order valence-corrected chi connectivity index (χ1v) is 6.33. The van der Waals surface area contributed by atoms with Crippen LogP contribution in [0, 0.1) is 13.8 Å². The summed E-state index contributed by atoms with van der Waals surface area (Å²) in [5.74, 6) is 0. The molecule has 1 aromatic heterocycles.